The van der Waals surface area contributed by atoms with Crippen LogP contribution in [0.3, 0.4) is 0 Å². The Labute approximate surface area is 109 Å². The molecule has 0 aliphatic heterocycles. The molecule has 1 unspecified atom stereocenters. The molecule has 1 N–H and O–H groups in total. The van der Waals surface area contributed by atoms with E-state index in [1.165, 1.54) is 19.3 Å². The summed E-state index contributed by atoms with van der Waals surface area (Å²) in [5.74, 6) is 1.87. The topological polar surface area (TPSA) is 42.4 Å². The Bertz CT molecular complexity index is 373. The first-order valence-corrected chi connectivity index (χ1v) is 6.93. The van der Waals surface area contributed by atoms with Gasteiger partial charge in [0.15, 0.2) is 0 Å². The molecule has 100 valence electrons. The quantitative estimate of drug-likeness (QED) is 0.890. The van der Waals surface area contributed by atoms with E-state index in [4.69, 9.17) is 4.74 Å². The third-order valence-electron chi connectivity index (χ3n) is 4.22. The first kappa shape index (κ1) is 13.3. The van der Waals surface area contributed by atoms with Gasteiger partial charge in [-0.05, 0) is 36.8 Å². The van der Waals surface area contributed by atoms with Crippen molar-refractivity contribution in [3.8, 4) is 5.75 Å². The molecular formula is C15H23NO2. The zero-order valence-corrected chi connectivity index (χ0v) is 11.3. The van der Waals surface area contributed by atoms with Crippen LogP contribution in [0.5, 0.6) is 5.75 Å². The van der Waals surface area contributed by atoms with Gasteiger partial charge in [0.2, 0.25) is 0 Å². The molecule has 0 amide bonds. The summed E-state index contributed by atoms with van der Waals surface area (Å²) < 4.78 is 5.28. The number of pyridine rings is 1. The van der Waals surface area contributed by atoms with Crippen LogP contribution in [0.4, 0.5) is 0 Å². The molecule has 0 spiro atoms. The lowest BCUT2D eigenvalue weighted by atomic mass is 9.77. The fraction of sp³-hybridized carbons (Fsp3) is 0.667. The van der Waals surface area contributed by atoms with E-state index < -0.39 is 6.10 Å². The largest absolute Gasteiger partial charge is 0.495 e. The monoisotopic (exact) mass is 249 g/mol. The molecule has 0 bridgehead atoms. The number of aliphatic hydroxyl groups is 1. The third kappa shape index (κ3) is 2.83. The highest BCUT2D eigenvalue weighted by molar-refractivity contribution is 5.28. The number of hydrogen-bond donors (Lipinski definition) is 1. The molecule has 0 radical (unpaired) electrons. The molecule has 3 heteroatoms. The molecule has 2 rings (SSSR count). The summed E-state index contributed by atoms with van der Waals surface area (Å²) in [6.45, 7) is 2.25. The second-order valence-electron chi connectivity index (χ2n) is 5.22. The van der Waals surface area contributed by atoms with Crippen molar-refractivity contribution in [1.29, 1.82) is 0 Å². The van der Waals surface area contributed by atoms with Crippen LogP contribution in [0.25, 0.3) is 0 Å². The van der Waals surface area contributed by atoms with Crippen molar-refractivity contribution in [2.75, 3.05) is 7.11 Å². The molecular weight excluding hydrogens is 226 g/mol. The Morgan fingerprint density at radius 1 is 1.39 bits per heavy atom. The van der Waals surface area contributed by atoms with E-state index in [1.807, 2.05) is 12.1 Å². The molecule has 1 saturated carbocycles. The first-order chi connectivity index (χ1) is 8.76. The number of hydrogen-bond acceptors (Lipinski definition) is 3. The van der Waals surface area contributed by atoms with E-state index in [0.717, 1.165) is 18.8 Å². The Hall–Kier alpha value is -1.09. The van der Waals surface area contributed by atoms with Crippen molar-refractivity contribution < 1.29 is 9.84 Å². The van der Waals surface area contributed by atoms with Crippen LogP contribution in [-0.4, -0.2) is 17.2 Å². The highest BCUT2D eigenvalue weighted by Crippen LogP contribution is 2.39. The summed E-state index contributed by atoms with van der Waals surface area (Å²) in [4.78, 5) is 4.29. The lowest BCUT2D eigenvalue weighted by Crippen LogP contribution is -2.21. The molecule has 0 saturated heterocycles. The zero-order chi connectivity index (χ0) is 13.0. The SMILES string of the molecule is CCC1CCC(C(O)c2ncccc2OC)CC1. The zero-order valence-electron chi connectivity index (χ0n) is 11.3. The third-order valence-corrected chi connectivity index (χ3v) is 4.22. The Morgan fingerprint density at radius 2 is 2.11 bits per heavy atom. The predicted octanol–water partition coefficient (Wildman–Crippen LogP) is 3.34. The minimum absolute atomic E-state index is 0.330. The number of ether oxygens (including phenoxy) is 1. The first-order valence-electron chi connectivity index (χ1n) is 6.93. The minimum atomic E-state index is -0.487. The van der Waals surface area contributed by atoms with Crippen molar-refractivity contribution in [3.05, 3.63) is 24.0 Å². The fourth-order valence-corrected chi connectivity index (χ4v) is 2.93. The summed E-state index contributed by atoms with van der Waals surface area (Å²) in [5, 5.41) is 10.5. The van der Waals surface area contributed by atoms with Gasteiger partial charge in [-0.2, -0.15) is 0 Å². The average Bonchev–Trinajstić information content (AvgIpc) is 2.46. The molecule has 0 aromatic carbocycles. The van der Waals surface area contributed by atoms with Crippen LogP contribution >= 0.6 is 0 Å². The van der Waals surface area contributed by atoms with E-state index in [0.29, 0.717) is 17.4 Å². The highest BCUT2D eigenvalue weighted by atomic mass is 16.5. The maximum atomic E-state index is 10.5. The Balaban J connectivity index is 2.05. The molecule has 1 heterocycles. The molecule has 18 heavy (non-hydrogen) atoms. The molecule has 1 atom stereocenters. The minimum Gasteiger partial charge on any atom is -0.495 e. The van der Waals surface area contributed by atoms with Crippen molar-refractivity contribution in [2.45, 2.75) is 45.1 Å². The van der Waals surface area contributed by atoms with Gasteiger partial charge in [-0.3, -0.25) is 4.98 Å². The van der Waals surface area contributed by atoms with E-state index >= 15 is 0 Å². The molecule has 1 fully saturated rings. The van der Waals surface area contributed by atoms with Gasteiger partial charge in [0.1, 0.15) is 17.5 Å². The van der Waals surface area contributed by atoms with Crippen molar-refractivity contribution >= 4 is 0 Å². The second kappa shape index (κ2) is 6.19. The van der Waals surface area contributed by atoms with Gasteiger partial charge in [-0.15, -0.1) is 0 Å². The van der Waals surface area contributed by atoms with Crippen LogP contribution < -0.4 is 4.74 Å². The maximum absolute atomic E-state index is 10.5. The number of aromatic nitrogens is 1. The van der Waals surface area contributed by atoms with E-state index in [-0.39, 0.29) is 0 Å². The van der Waals surface area contributed by atoms with E-state index in [9.17, 15) is 5.11 Å². The summed E-state index contributed by atoms with van der Waals surface area (Å²) in [6, 6.07) is 3.70. The lowest BCUT2D eigenvalue weighted by Gasteiger charge is -2.31. The van der Waals surface area contributed by atoms with E-state index in [1.54, 1.807) is 13.3 Å². The molecule has 1 aromatic rings. The molecule has 1 aliphatic rings. The van der Waals surface area contributed by atoms with E-state index in [2.05, 4.69) is 11.9 Å². The van der Waals surface area contributed by atoms with Gasteiger partial charge in [-0.1, -0.05) is 26.2 Å². The number of nitrogens with zero attached hydrogens (tertiary/aromatic N) is 1. The standard InChI is InChI=1S/C15H23NO2/c1-3-11-6-8-12(9-7-11)15(17)14-13(18-2)5-4-10-16-14/h4-5,10-12,15,17H,3,6-9H2,1-2H3. The lowest BCUT2D eigenvalue weighted by molar-refractivity contribution is 0.0673. The summed E-state index contributed by atoms with van der Waals surface area (Å²) in [6.07, 6.45) is 7.15. The fourth-order valence-electron chi connectivity index (χ4n) is 2.93. The number of aliphatic hydroxyl groups excluding tert-OH is 1. The Kier molecular flexibility index (Phi) is 4.59. The summed E-state index contributed by atoms with van der Waals surface area (Å²) in [7, 11) is 1.63. The van der Waals surface area contributed by atoms with Crippen LogP contribution in [-0.2, 0) is 0 Å². The van der Waals surface area contributed by atoms with Crippen LogP contribution in [0.1, 0.15) is 50.8 Å². The summed E-state index contributed by atoms with van der Waals surface area (Å²) >= 11 is 0. The predicted molar refractivity (Wildman–Crippen MR) is 71.5 cm³/mol. The van der Waals surface area contributed by atoms with Crippen molar-refractivity contribution in [1.82, 2.24) is 4.98 Å². The molecule has 1 aromatic heterocycles. The smallest absolute Gasteiger partial charge is 0.143 e. The number of rotatable bonds is 4. The molecule has 1 aliphatic carbocycles. The Morgan fingerprint density at radius 3 is 2.72 bits per heavy atom. The van der Waals surface area contributed by atoms with Gasteiger partial charge in [0, 0.05) is 6.20 Å². The summed E-state index contributed by atoms with van der Waals surface area (Å²) in [5.41, 5.74) is 0.694. The maximum Gasteiger partial charge on any atom is 0.143 e. The second-order valence-corrected chi connectivity index (χ2v) is 5.22. The number of methoxy groups -OCH3 is 1. The van der Waals surface area contributed by atoms with Gasteiger partial charge in [0.05, 0.1) is 7.11 Å². The molecule has 3 nitrogen and oxygen atoms in total. The van der Waals surface area contributed by atoms with Crippen molar-refractivity contribution in [3.63, 3.8) is 0 Å². The van der Waals surface area contributed by atoms with Crippen LogP contribution in [0, 0.1) is 11.8 Å². The average molecular weight is 249 g/mol. The van der Waals surface area contributed by atoms with Gasteiger partial charge in [0.25, 0.3) is 0 Å². The van der Waals surface area contributed by atoms with Crippen LogP contribution in [0.15, 0.2) is 18.3 Å². The van der Waals surface area contributed by atoms with Crippen molar-refractivity contribution in [2.24, 2.45) is 11.8 Å². The van der Waals surface area contributed by atoms with Gasteiger partial charge >= 0.3 is 0 Å². The van der Waals surface area contributed by atoms with Gasteiger partial charge in [-0.25, -0.2) is 0 Å². The van der Waals surface area contributed by atoms with Gasteiger partial charge < -0.3 is 9.84 Å². The normalized spacial score (nSPS) is 25.7. The van der Waals surface area contributed by atoms with Crippen LogP contribution in [0.2, 0.25) is 0 Å². The highest BCUT2D eigenvalue weighted by Gasteiger charge is 2.29.